The molecule has 1 unspecified atom stereocenters. The lowest BCUT2D eigenvalue weighted by atomic mass is 9.98. The van der Waals surface area contributed by atoms with Gasteiger partial charge in [-0.05, 0) is 79.9 Å². The molecule has 1 heterocycles. The minimum Gasteiger partial charge on any atom is -0.490 e. The Bertz CT molecular complexity index is 796. The van der Waals surface area contributed by atoms with Crippen molar-refractivity contribution >= 4 is 28.7 Å². The van der Waals surface area contributed by atoms with Gasteiger partial charge in [0.15, 0.2) is 5.11 Å². The molecule has 1 atom stereocenters. The molecular weight excluding hydrogens is 378 g/mol. The Balaban J connectivity index is 1.50. The fourth-order valence-electron chi connectivity index (χ4n) is 3.48. The number of benzene rings is 2. The number of hydrogen-bond acceptors (Lipinski definition) is 3. The lowest BCUT2D eigenvalue weighted by Crippen LogP contribution is -2.33. The highest BCUT2D eigenvalue weighted by Gasteiger charge is 2.16. The molecule has 154 valence electrons. The predicted molar refractivity (Wildman–Crippen MR) is 127 cm³/mol. The van der Waals surface area contributed by atoms with Crippen molar-refractivity contribution < 1.29 is 4.74 Å². The van der Waals surface area contributed by atoms with Crippen LogP contribution in [0.25, 0.3) is 0 Å². The molecule has 0 amide bonds. The topological polar surface area (TPSA) is 36.5 Å². The fraction of sp³-hybridized carbons (Fsp3) is 0.375. The maximum Gasteiger partial charge on any atom is 0.171 e. The standard InChI is InChI=1S/C24H31N3OS/c1-4-17-28-23-11-7-21(8-12-23)26-24(29)25-19(3)20-5-9-22(10-6-20)27-15-13-18(2)14-16-27/h4-12,18-19H,1,13-17H2,2-3H3,(H2,25,26,29). The first-order valence-electron chi connectivity index (χ1n) is 10.3. The molecule has 4 nitrogen and oxygen atoms in total. The van der Waals surface area contributed by atoms with Crippen LogP contribution in [0.1, 0.15) is 38.3 Å². The van der Waals surface area contributed by atoms with Gasteiger partial charge in [0.2, 0.25) is 0 Å². The normalized spacial score (nSPS) is 15.4. The molecule has 0 bridgehead atoms. The Morgan fingerprint density at radius 1 is 1.17 bits per heavy atom. The summed E-state index contributed by atoms with van der Waals surface area (Å²) in [6, 6.07) is 16.7. The maximum atomic E-state index is 5.50. The van der Waals surface area contributed by atoms with Gasteiger partial charge in [0.1, 0.15) is 12.4 Å². The first kappa shape index (κ1) is 21.2. The summed E-state index contributed by atoms with van der Waals surface area (Å²) in [6.45, 7) is 10.9. The Kier molecular flexibility index (Phi) is 7.53. The highest BCUT2D eigenvalue weighted by Crippen LogP contribution is 2.24. The number of anilines is 2. The third-order valence-electron chi connectivity index (χ3n) is 5.37. The van der Waals surface area contributed by atoms with Crippen LogP contribution in [0.5, 0.6) is 5.75 Å². The Morgan fingerprint density at radius 2 is 1.83 bits per heavy atom. The van der Waals surface area contributed by atoms with E-state index in [1.54, 1.807) is 6.08 Å². The number of nitrogens with one attached hydrogen (secondary N) is 2. The van der Waals surface area contributed by atoms with Crippen LogP contribution in [0.15, 0.2) is 61.2 Å². The smallest absolute Gasteiger partial charge is 0.171 e. The summed E-state index contributed by atoms with van der Waals surface area (Å²) in [6.07, 6.45) is 4.29. The van der Waals surface area contributed by atoms with Gasteiger partial charge >= 0.3 is 0 Å². The van der Waals surface area contributed by atoms with Crippen molar-refractivity contribution in [1.82, 2.24) is 5.32 Å². The van der Waals surface area contributed by atoms with Crippen LogP contribution in [0.4, 0.5) is 11.4 Å². The van der Waals surface area contributed by atoms with E-state index in [1.165, 1.54) is 24.1 Å². The summed E-state index contributed by atoms with van der Waals surface area (Å²) in [7, 11) is 0. The van der Waals surface area contributed by atoms with E-state index in [-0.39, 0.29) is 6.04 Å². The monoisotopic (exact) mass is 409 g/mol. The van der Waals surface area contributed by atoms with Gasteiger partial charge in [0.25, 0.3) is 0 Å². The van der Waals surface area contributed by atoms with Crippen LogP contribution >= 0.6 is 12.2 Å². The first-order chi connectivity index (χ1) is 14.0. The minimum absolute atomic E-state index is 0.126. The number of hydrogen-bond donors (Lipinski definition) is 2. The summed E-state index contributed by atoms with van der Waals surface area (Å²) in [5.74, 6) is 1.66. The highest BCUT2D eigenvalue weighted by molar-refractivity contribution is 7.80. The molecule has 2 N–H and O–H groups in total. The summed E-state index contributed by atoms with van der Waals surface area (Å²) < 4.78 is 5.50. The molecule has 0 saturated carbocycles. The Morgan fingerprint density at radius 3 is 2.45 bits per heavy atom. The number of piperidine rings is 1. The molecule has 29 heavy (non-hydrogen) atoms. The van der Waals surface area contributed by atoms with Gasteiger partial charge in [-0.15, -0.1) is 0 Å². The van der Waals surface area contributed by atoms with Crippen LogP contribution in [0, 0.1) is 5.92 Å². The SMILES string of the molecule is C=CCOc1ccc(NC(=S)NC(C)c2ccc(N3CCC(C)CC3)cc2)cc1. The van der Waals surface area contributed by atoms with Crippen LogP contribution in [-0.4, -0.2) is 24.8 Å². The van der Waals surface area contributed by atoms with E-state index in [4.69, 9.17) is 17.0 Å². The second-order valence-corrected chi connectivity index (χ2v) is 8.11. The lowest BCUT2D eigenvalue weighted by Gasteiger charge is -2.32. The van der Waals surface area contributed by atoms with Crippen molar-refractivity contribution in [2.45, 2.75) is 32.7 Å². The Hall–Kier alpha value is -2.53. The quantitative estimate of drug-likeness (QED) is 0.464. The van der Waals surface area contributed by atoms with Gasteiger partial charge in [-0.1, -0.05) is 31.7 Å². The molecule has 5 heteroatoms. The van der Waals surface area contributed by atoms with Crippen molar-refractivity contribution in [2.75, 3.05) is 29.9 Å². The van der Waals surface area contributed by atoms with E-state index in [0.717, 1.165) is 30.4 Å². The van der Waals surface area contributed by atoms with E-state index in [2.05, 4.69) is 60.2 Å². The lowest BCUT2D eigenvalue weighted by molar-refractivity contribution is 0.363. The zero-order valence-electron chi connectivity index (χ0n) is 17.4. The molecule has 1 aliphatic heterocycles. The van der Waals surface area contributed by atoms with Crippen molar-refractivity contribution in [1.29, 1.82) is 0 Å². The van der Waals surface area contributed by atoms with Crippen molar-refractivity contribution in [3.63, 3.8) is 0 Å². The van der Waals surface area contributed by atoms with Crippen molar-refractivity contribution in [2.24, 2.45) is 5.92 Å². The highest BCUT2D eigenvalue weighted by atomic mass is 32.1. The van der Waals surface area contributed by atoms with Crippen molar-refractivity contribution in [3.05, 3.63) is 66.7 Å². The average molecular weight is 410 g/mol. The molecule has 0 aliphatic carbocycles. The second-order valence-electron chi connectivity index (χ2n) is 7.71. The van der Waals surface area contributed by atoms with Crippen LogP contribution in [0.2, 0.25) is 0 Å². The Labute approximate surface area is 180 Å². The molecule has 2 aromatic carbocycles. The van der Waals surface area contributed by atoms with Gasteiger partial charge in [-0.2, -0.15) is 0 Å². The van der Waals surface area contributed by atoms with Gasteiger partial charge in [0.05, 0.1) is 6.04 Å². The average Bonchev–Trinajstić information content (AvgIpc) is 2.74. The molecule has 0 radical (unpaired) electrons. The van der Waals surface area contributed by atoms with E-state index in [1.807, 2.05) is 24.3 Å². The molecule has 1 aliphatic rings. The number of ether oxygens (including phenoxy) is 1. The molecule has 0 aromatic heterocycles. The summed E-state index contributed by atoms with van der Waals surface area (Å²) in [5.41, 5.74) is 3.46. The number of rotatable bonds is 7. The number of thiocarbonyl (C=S) groups is 1. The predicted octanol–water partition coefficient (Wildman–Crippen LogP) is 5.54. The van der Waals surface area contributed by atoms with Gasteiger partial charge < -0.3 is 20.3 Å². The molecule has 1 saturated heterocycles. The van der Waals surface area contributed by atoms with E-state index in [0.29, 0.717) is 11.7 Å². The fourth-order valence-corrected chi connectivity index (χ4v) is 3.77. The van der Waals surface area contributed by atoms with E-state index in [9.17, 15) is 0 Å². The third-order valence-corrected chi connectivity index (χ3v) is 5.59. The maximum absolute atomic E-state index is 5.50. The summed E-state index contributed by atoms with van der Waals surface area (Å²) in [4.78, 5) is 2.48. The van der Waals surface area contributed by atoms with E-state index >= 15 is 0 Å². The van der Waals surface area contributed by atoms with Crippen LogP contribution in [-0.2, 0) is 0 Å². The van der Waals surface area contributed by atoms with Crippen LogP contribution in [0.3, 0.4) is 0 Å². The summed E-state index contributed by atoms with van der Waals surface area (Å²) >= 11 is 5.48. The number of nitrogens with zero attached hydrogens (tertiary/aromatic N) is 1. The third kappa shape index (κ3) is 6.23. The summed E-state index contributed by atoms with van der Waals surface area (Å²) in [5, 5.41) is 7.19. The zero-order valence-corrected chi connectivity index (χ0v) is 18.2. The van der Waals surface area contributed by atoms with E-state index < -0.39 is 0 Å². The first-order valence-corrected chi connectivity index (χ1v) is 10.7. The van der Waals surface area contributed by atoms with Crippen LogP contribution < -0.4 is 20.3 Å². The molecule has 0 spiro atoms. The molecular formula is C24H31N3OS. The molecule has 2 aromatic rings. The molecule has 1 fully saturated rings. The minimum atomic E-state index is 0.126. The second kappa shape index (κ2) is 10.3. The largest absolute Gasteiger partial charge is 0.490 e. The van der Waals surface area contributed by atoms with Gasteiger partial charge in [-0.3, -0.25) is 0 Å². The van der Waals surface area contributed by atoms with Gasteiger partial charge in [-0.25, -0.2) is 0 Å². The van der Waals surface area contributed by atoms with Crippen molar-refractivity contribution in [3.8, 4) is 5.75 Å². The zero-order chi connectivity index (χ0) is 20.6. The molecule has 3 rings (SSSR count). The van der Waals surface area contributed by atoms with Gasteiger partial charge in [0, 0.05) is 24.5 Å².